The first-order valence-electron chi connectivity index (χ1n) is 8.31. The van der Waals surface area contributed by atoms with E-state index < -0.39 is 11.2 Å². The molecule has 4 rings (SSSR count). The van der Waals surface area contributed by atoms with Crippen LogP contribution in [0.4, 0.5) is 13.2 Å². The van der Waals surface area contributed by atoms with Gasteiger partial charge in [0, 0.05) is 35.2 Å². The van der Waals surface area contributed by atoms with Crippen molar-refractivity contribution >= 4 is 22.7 Å². The van der Waals surface area contributed by atoms with Gasteiger partial charge in [-0.3, -0.25) is 4.90 Å². The smallest absolute Gasteiger partial charge is 0.317 e. The van der Waals surface area contributed by atoms with E-state index in [-0.39, 0.29) is 0 Å². The highest BCUT2D eigenvalue weighted by molar-refractivity contribution is 7.11. The first-order chi connectivity index (χ1) is 12.0. The Balaban J connectivity index is 1.51. The highest BCUT2D eigenvalue weighted by Crippen LogP contribution is 2.56. The summed E-state index contributed by atoms with van der Waals surface area (Å²) in [6.45, 7) is 3.25. The number of alkyl halides is 3. The Labute approximate surface area is 152 Å². The Morgan fingerprint density at radius 1 is 1.24 bits per heavy atom. The Hall–Kier alpha value is -1.03. The predicted molar refractivity (Wildman–Crippen MR) is 91.4 cm³/mol. The van der Waals surface area contributed by atoms with Crippen molar-refractivity contribution in [2.24, 2.45) is 5.41 Å². The van der Waals surface area contributed by atoms with Gasteiger partial charge in [-0.1, -0.05) is 0 Å². The summed E-state index contributed by atoms with van der Waals surface area (Å²) < 4.78 is 38.5. The molecular formula is C16H19F3N4S2. The van der Waals surface area contributed by atoms with Crippen LogP contribution in [0.2, 0.25) is 0 Å². The van der Waals surface area contributed by atoms with Crippen molar-refractivity contribution in [2.45, 2.75) is 44.6 Å². The molecule has 1 unspecified atom stereocenters. The van der Waals surface area contributed by atoms with Crippen LogP contribution in [0.5, 0.6) is 0 Å². The van der Waals surface area contributed by atoms with Gasteiger partial charge in [-0.2, -0.15) is 13.2 Å². The highest BCUT2D eigenvalue weighted by atomic mass is 32.1. The van der Waals surface area contributed by atoms with E-state index in [1.807, 2.05) is 5.38 Å². The Kier molecular flexibility index (Phi) is 4.59. The molecule has 0 aromatic carbocycles. The van der Waals surface area contributed by atoms with Crippen molar-refractivity contribution in [3.05, 3.63) is 32.7 Å². The largest absolute Gasteiger partial charge is 0.443 e. The summed E-state index contributed by atoms with van der Waals surface area (Å²) in [4.78, 5) is 10.9. The lowest BCUT2D eigenvalue weighted by atomic mass is 9.93. The predicted octanol–water partition coefficient (Wildman–Crippen LogP) is 3.76. The van der Waals surface area contributed by atoms with Crippen LogP contribution in [0, 0.1) is 5.41 Å². The fourth-order valence-corrected chi connectivity index (χ4v) is 5.24. The molecule has 1 N–H and O–H groups in total. The van der Waals surface area contributed by atoms with Crippen molar-refractivity contribution in [2.75, 3.05) is 13.1 Å². The van der Waals surface area contributed by atoms with Crippen LogP contribution in [0.25, 0.3) is 0 Å². The average molecular weight is 388 g/mol. The maximum absolute atomic E-state index is 12.8. The van der Waals surface area contributed by atoms with E-state index in [1.165, 1.54) is 6.20 Å². The van der Waals surface area contributed by atoms with E-state index in [4.69, 9.17) is 0 Å². The Bertz CT molecular complexity index is 707. The molecule has 0 bridgehead atoms. The summed E-state index contributed by atoms with van der Waals surface area (Å²) in [5.74, 6) is 0. The lowest BCUT2D eigenvalue weighted by molar-refractivity contribution is -0.137. The maximum atomic E-state index is 12.8. The zero-order valence-electron chi connectivity index (χ0n) is 13.6. The van der Waals surface area contributed by atoms with Crippen LogP contribution in [0.3, 0.4) is 0 Å². The molecule has 1 saturated carbocycles. The zero-order chi connectivity index (χ0) is 17.5. The Morgan fingerprint density at radius 2 is 2.04 bits per heavy atom. The lowest BCUT2D eigenvalue weighted by Gasteiger charge is -2.28. The second kappa shape index (κ2) is 6.61. The standard InChI is InChI=1S/C16H19F3N4S2/c17-16(18,19)14-22-8-11(25-14)9-23(10-13-21-5-6-24-13)12-7-15(12)1-3-20-4-2-15/h5-6,8,12,20H,1-4,7,9-10H2. The highest BCUT2D eigenvalue weighted by Gasteiger charge is 2.56. The molecule has 25 heavy (non-hydrogen) atoms. The van der Waals surface area contributed by atoms with E-state index in [0.717, 1.165) is 48.7 Å². The topological polar surface area (TPSA) is 41.1 Å². The van der Waals surface area contributed by atoms with Gasteiger partial charge < -0.3 is 5.32 Å². The molecular weight excluding hydrogens is 369 g/mol. The van der Waals surface area contributed by atoms with Crippen molar-refractivity contribution in [1.82, 2.24) is 20.2 Å². The molecule has 2 fully saturated rings. The van der Waals surface area contributed by atoms with E-state index in [2.05, 4.69) is 20.2 Å². The van der Waals surface area contributed by atoms with Gasteiger partial charge in [0.25, 0.3) is 0 Å². The third kappa shape index (κ3) is 3.74. The fourth-order valence-electron chi connectivity index (χ4n) is 3.80. The molecule has 9 heteroatoms. The van der Waals surface area contributed by atoms with Gasteiger partial charge in [-0.05, 0) is 37.8 Å². The lowest BCUT2D eigenvalue weighted by Crippen LogP contribution is -2.35. The summed E-state index contributed by atoms with van der Waals surface area (Å²) in [7, 11) is 0. The van der Waals surface area contributed by atoms with Crippen molar-refractivity contribution in [3.63, 3.8) is 0 Å². The molecule has 2 aromatic rings. The number of hydrogen-bond donors (Lipinski definition) is 1. The van der Waals surface area contributed by atoms with Crippen LogP contribution in [0.1, 0.15) is 34.2 Å². The van der Waals surface area contributed by atoms with E-state index >= 15 is 0 Å². The summed E-state index contributed by atoms with van der Waals surface area (Å²) in [6.07, 6.45) is 2.20. The number of rotatable bonds is 5. The van der Waals surface area contributed by atoms with E-state index in [1.54, 1.807) is 17.5 Å². The van der Waals surface area contributed by atoms with Gasteiger partial charge in [-0.15, -0.1) is 22.7 Å². The molecule has 1 aliphatic carbocycles. The van der Waals surface area contributed by atoms with Crippen LogP contribution < -0.4 is 5.32 Å². The van der Waals surface area contributed by atoms with Crippen LogP contribution in [-0.2, 0) is 19.3 Å². The summed E-state index contributed by atoms with van der Waals surface area (Å²) in [5, 5.41) is 5.58. The van der Waals surface area contributed by atoms with Crippen LogP contribution in [0.15, 0.2) is 17.8 Å². The molecule has 2 aliphatic rings. The van der Waals surface area contributed by atoms with E-state index in [0.29, 0.717) is 29.4 Å². The number of nitrogens with one attached hydrogen (secondary N) is 1. The van der Waals surface area contributed by atoms with Crippen molar-refractivity contribution in [1.29, 1.82) is 0 Å². The van der Waals surface area contributed by atoms with E-state index in [9.17, 15) is 13.2 Å². The summed E-state index contributed by atoms with van der Waals surface area (Å²) >= 11 is 2.35. The van der Waals surface area contributed by atoms with Gasteiger partial charge in [0.05, 0.1) is 6.54 Å². The second-order valence-corrected chi connectivity index (χ2v) is 8.89. The number of halogens is 3. The van der Waals surface area contributed by atoms with Crippen molar-refractivity contribution in [3.8, 4) is 0 Å². The number of piperidine rings is 1. The van der Waals surface area contributed by atoms with Gasteiger partial charge >= 0.3 is 6.18 Å². The quantitative estimate of drug-likeness (QED) is 0.847. The molecule has 136 valence electrons. The molecule has 2 aromatic heterocycles. The van der Waals surface area contributed by atoms with Gasteiger partial charge in [0.15, 0.2) is 5.01 Å². The minimum atomic E-state index is -4.36. The molecule has 1 spiro atoms. The minimum Gasteiger partial charge on any atom is -0.317 e. The second-order valence-electron chi connectivity index (χ2n) is 6.79. The fraction of sp³-hybridized carbons (Fsp3) is 0.625. The van der Waals surface area contributed by atoms with Crippen LogP contribution >= 0.6 is 22.7 Å². The molecule has 1 atom stereocenters. The molecule has 1 aliphatic heterocycles. The number of nitrogens with zero attached hydrogens (tertiary/aromatic N) is 3. The first-order valence-corrected chi connectivity index (χ1v) is 10.0. The molecule has 1 saturated heterocycles. The summed E-state index contributed by atoms with van der Waals surface area (Å²) in [6, 6.07) is 0.426. The number of aromatic nitrogens is 2. The minimum absolute atomic E-state index is 0.333. The third-order valence-corrected chi connectivity index (χ3v) is 6.95. The normalized spacial score (nSPS) is 22.6. The Morgan fingerprint density at radius 3 is 2.68 bits per heavy atom. The van der Waals surface area contributed by atoms with Gasteiger partial charge in [0.1, 0.15) is 5.01 Å². The van der Waals surface area contributed by atoms with Gasteiger partial charge in [-0.25, -0.2) is 9.97 Å². The zero-order valence-corrected chi connectivity index (χ0v) is 15.2. The molecule has 0 amide bonds. The first kappa shape index (κ1) is 17.4. The SMILES string of the molecule is FC(F)(F)c1ncc(CN(Cc2nccs2)C2CC23CCNCC3)s1. The third-order valence-electron chi connectivity index (χ3n) is 5.16. The number of thiazole rings is 2. The van der Waals surface area contributed by atoms with Crippen molar-refractivity contribution < 1.29 is 13.2 Å². The van der Waals surface area contributed by atoms with Crippen LogP contribution in [-0.4, -0.2) is 34.0 Å². The number of hydrogen-bond acceptors (Lipinski definition) is 6. The molecule has 3 heterocycles. The summed E-state index contributed by atoms with van der Waals surface area (Å²) in [5.41, 5.74) is 0.333. The average Bonchev–Trinajstić information content (AvgIpc) is 3.00. The molecule has 0 radical (unpaired) electrons. The maximum Gasteiger partial charge on any atom is 0.443 e. The monoisotopic (exact) mass is 388 g/mol. The molecule has 4 nitrogen and oxygen atoms in total. The van der Waals surface area contributed by atoms with Gasteiger partial charge in [0.2, 0.25) is 0 Å².